The lowest BCUT2D eigenvalue weighted by Crippen LogP contribution is -2.58. The lowest BCUT2D eigenvalue weighted by atomic mass is 10.1. The summed E-state index contributed by atoms with van der Waals surface area (Å²) in [4.78, 5) is 30.2. The van der Waals surface area contributed by atoms with E-state index >= 15 is 0 Å². The van der Waals surface area contributed by atoms with E-state index in [9.17, 15) is 19.1 Å². The van der Waals surface area contributed by atoms with E-state index in [-0.39, 0.29) is 23.7 Å². The van der Waals surface area contributed by atoms with E-state index in [4.69, 9.17) is 5.11 Å². The van der Waals surface area contributed by atoms with Crippen molar-refractivity contribution in [2.24, 2.45) is 0 Å². The van der Waals surface area contributed by atoms with Crippen LogP contribution in [-0.4, -0.2) is 65.2 Å². The number of anilines is 1. The minimum atomic E-state index is -1.34. The number of aliphatic hydroxyl groups is 1. The van der Waals surface area contributed by atoms with Gasteiger partial charge in [-0.25, -0.2) is 18.8 Å². The molecule has 0 aliphatic carbocycles. The second-order valence-corrected chi connectivity index (χ2v) is 6.91. The first kappa shape index (κ1) is 19.1. The molecule has 2 aromatic heterocycles. The molecule has 10 heteroatoms. The van der Waals surface area contributed by atoms with Crippen LogP contribution in [0.5, 0.6) is 0 Å². The molecule has 0 unspecified atom stereocenters. The summed E-state index contributed by atoms with van der Waals surface area (Å²) >= 11 is 0. The number of nitrogens with zero attached hydrogens (tertiary/aromatic N) is 3. The number of nitrogens with one attached hydrogen (secondary N) is 2. The molecule has 1 aromatic carbocycles. The number of aliphatic hydroxyl groups excluding tert-OH is 1. The van der Waals surface area contributed by atoms with Crippen molar-refractivity contribution in [3.63, 3.8) is 0 Å². The maximum atomic E-state index is 14.7. The monoisotopic (exact) mass is 401 g/mol. The third-order valence-electron chi connectivity index (χ3n) is 5.08. The Hall–Kier alpha value is -3.24. The van der Waals surface area contributed by atoms with Crippen LogP contribution in [0.3, 0.4) is 0 Å². The second-order valence-electron chi connectivity index (χ2n) is 6.91. The van der Waals surface area contributed by atoms with E-state index in [1.165, 1.54) is 23.0 Å². The molecule has 0 radical (unpaired) electrons. The number of pyridine rings is 2. The van der Waals surface area contributed by atoms with Gasteiger partial charge in [0.25, 0.3) is 0 Å². The minimum absolute atomic E-state index is 0.0502. The zero-order chi connectivity index (χ0) is 20.7. The number of aromatic nitrogens is 2. The van der Waals surface area contributed by atoms with Gasteiger partial charge < -0.3 is 25.9 Å². The fourth-order valence-electron chi connectivity index (χ4n) is 3.56. The van der Waals surface area contributed by atoms with Crippen LogP contribution in [0.2, 0.25) is 0 Å². The Balaban J connectivity index is 1.80. The smallest absolute Gasteiger partial charge is 0.341 e. The summed E-state index contributed by atoms with van der Waals surface area (Å²) in [7, 11) is 1.58. The van der Waals surface area contributed by atoms with E-state index in [0.717, 1.165) is 0 Å². The summed E-state index contributed by atoms with van der Waals surface area (Å²) in [6.07, 6.45) is 1.18. The van der Waals surface area contributed by atoms with E-state index in [0.29, 0.717) is 36.2 Å². The molecule has 3 aromatic rings. The Kier molecular flexibility index (Phi) is 4.81. The molecule has 1 saturated heterocycles. The third-order valence-corrected chi connectivity index (χ3v) is 5.08. The number of aromatic carboxylic acids is 1. The number of carbonyl (C=O) groups is 1. The highest BCUT2D eigenvalue weighted by atomic mass is 19.1. The van der Waals surface area contributed by atoms with Crippen LogP contribution >= 0.6 is 0 Å². The normalized spacial score (nSPS) is 14.4. The maximum absolute atomic E-state index is 14.7. The third kappa shape index (κ3) is 3.26. The zero-order valence-corrected chi connectivity index (χ0v) is 15.6. The van der Waals surface area contributed by atoms with Crippen LogP contribution in [0.25, 0.3) is 21.9 Å². The number of hydrogen-bond donors (Lipinski definition) is 4. The Morgan fingerprint density at radius 1 is 1.34 bits per heavy atom. The van der Waals surface area contributed by atoms with E-state index in [2.05, 4.69) is 15.7 Å². The fraction of sp³-hybridized carbons (Fsp3) is 0.316. The summed E-state index contributed by atoms with van der Waals surface area (Å²) in [5, 5.41) is 21.8. The molecule has 1 fully saturated rings. The van der Waals surface area contributed by atoms with Crippen LogP contribution in [0.4, 0.5) is 10.1 Å². The molecule has 0 bridgehead atoms. The summed E-state index contributed by atoms with van der Waals surface area (Å²) in [5.74, 6) is -1.78. The summed E-state index contributed by atoms with van der Waals surface area (Å²) < 4.78 is 16.1. The van der Waals surface area contributed by atoms with Gasteiger partial charge in [-0.2, -0.15) is 0 Å². The van der Waals surface area contributed by atoms with E-state index < -0.39 is 22.8 Å². The van der Waals surface area contributed by atoms with Gasteiger partial charge in [-0.15, -0.1) is 0 Å². The topological polar surface area (TPSA) is 120 Å². The van der Waals surface area contributed by atoms with Gasteiger partial charge in [0.1, 0.15) is 11.4 Å². The molecule has 3 heterocycles. The number of carboxylic acids is 1. The maximum Gasteiger partial charge on any atom is 0.341 e. The lowest BCUT2D eigenvalue weighted by molar-refractivity contribution is 0.0695. The molecule has 1 aliphatic rings. The summed E-state index contributed by atoms with van der Waals surface area (Å²) in [6, 6.07) is 4.59. The molecule has 0 spiro atoms. The van der Waals surface area contributed by atoms with Gasteiger partial charge in [0.15, 0.2) is 5.65 Å². The SMILES string of the molecule is CNn1cc(C(=O)O)c(=O)c2cc3cc(F)c(N4CC(NCCO)C4)cc3nc21. The number of carboxylic acid groups (broad SMARTS) is 1. The zero-order valence-electron chi connectivity index (χ0n) is 15.6. The summed E-state index contributed by atoms with van der Waals surface area (Å²) in [6.45, 7) is 1.76. The molecule has 4 rings (SSSR count). The van der Waals surface area contributed by atoms with Gasteiger partial charge in [0.05, 0.1) is 23.2 Å². The average Bonchev–Trinajstić information content (AvgIpc) is 2.66. The molecule has 0 amide bonds. The number of fused-ring (bicyclic) bond motifs is 2. The molecule has 152 valence electrons. The lowest BCUT2D eigenvalue weighted by Gasteiger charge is -2.41. The second kappa shape index (κ2) is 7.30. The molecular formula is C19H20FN5O4. The van der Waals surface area contributed by atoms with Gasteiger partial charge in [0, 0.05) is 44.3 Å². The van der Waals surface area contributed by atoms with Gasteiger partial charge in [0.2, 0.25) is 5.43 Å². The van der Waals surface area contributed by atoms with Crippen molar-refractivity contribution in [2.45, 2.75) is 6.04 Å². The number of benzene rings is 1. The predicted molar refractivity (Wildman–Crippen MR) is 107 cm³/mol. The molecule has 1 aliphatic heterocycles. The van der Waals surface area contributed by atoms with Crippen LogP contribution in [0.1, 0.15) is 10.4 Å². The van der Waals surface area contributed by atoms with E-state index in [1.54, 1.807) is 13.1 Å². The molecule has 29 heavy (non-hydrogen) atoms. The number of hydrogen-bond acceptors (Lipinski definition) is 7. The van der Waals surface area contributed by atoms with Gasteiger partial charge >= 0.3 is 5.97 Å². The molecule has 0 atom stereocenters. The first-order valence-corrected chi connectivity index (χ1v) is 9.13. The Morgan fingerprint density at radius 3 is 2.76 bits per heavy atom. The van der Waals surface area contributed by atoms with Crippen molar-refractivity contribution >= 4 is 33.6 Å². The summed E-state index contributed by atoms with van der Waals surface area (Å²) in [5.41, 5.74) is 2.89. The van der Waals surface area contributed by atoms with Crippen molar-refractivity contribution in [1.29, 1.82) is 0 Å². The average molecular weight is 401 g/mol. The Labute approximate surface area is 164 Å². The number of rotatable bonds is 6. The van der Waals surface area contributed by atoms with Crippen LogP contribution in [0, 0.1) is 5.82 Å². The van der Waals surface area contributed by atoms with Crippen molar-refractivity contribution in [1.82, 2.24) is 15.0 Å². The molecule has 9 nitrogen and oxygen atoms in total. The van der Waals surface area contributed by atoms with E-state index in [1.807, 2.05) is 4.90 Å². The van der Waals surface area contributed by atoms with Crippen molar-refractivity contribution in [3.8, 4) is 0 Å². The first-order valence-electron chi connectivity index (χ1n) is 9.13. The van der Waals surface area contributed by atoms with Crippen molar-refractivity contribution in [2.75, 3.05) is 43.6 Å². The Bertz CT molecular complexity index is 1170. The minimum Gasteiger partial charge on any atom is -0.477 e. The highest BCUT2D eigenvalue weighted by Crippen LogP contribution is 2.29. The molecule has 4 N–H and O–H groups in total. The predicted octanol–water partition coefficient (Wildman–Crippen LogP) is 0.331. The highest BCUT2D eigenvalue weighted by molar-refractivity contribution is 5.97. The standard InChI is InChI=1S/C19H20FN5O4/c1-21-25-9-13(19(28)29)17(27)12-4-10-5-14(20)16(6-15(10)23-18(12)25)24-7-11(8-24)22-2-3-26/h4-6,9,11,21-22,26H,2-3,7-8H2,1H3,(H,28,29). The van der Waals surface area contributed by atoms with Gasteiger partial charge in [-0.3, -0.25) is 4.79 Å². The highest BCUT2D eigenvalue weighted by Gasteiger charge is 2.28. The van der Waals surface area contributed by atoms with Crippen LogP contribution in [0.15, 0.2) is 29.2 Å². The van der Waals surface area contributed by atoms with Crippen molar-refractivity contribution < 1.29 is 19.4 Å². The fourth-order valence-corrected chi connectivity index (χ4v) is 3.56. The number of halogens is 1. The van der Waals surface area contributed by atoms with Crippen molar-refractivity contribution in [3.05, 3.63) is 46.0 Å². The Morgan fingerprint density at radius 2 is 2.10 bits per heavy atom. The van der Waals surface area contributed by atoms with Gasteiger partial charge in [-0.05, 0) is 18.2 Å². The quantitative estimate of drug-likeness (QED) is 0.437. The van der Waals surface area contributed by atoms with Crippen LogP contribution < -0.4 is 21.1 Å². The molecular weight excluding hydrogens is 381 g/mol. The first-order chi connectivity index (χ1) is 13.9. The van der Waals surface area contributed by atoms with Crippen LogP contribution in [-0.2, 0) is 0 Å². The molecule has 0 saturated carbocycles. The van der Waals surface area contributed by atoms with Gasteiger partial charge in [-0.1, -0.05) is 0 Å². The largest absolute Gasteiger partial charge is 0.477 e.